The van der Waals surface area contributed by atoms with Crippen LogP contribution < -0.4 is 4.90 Å². The molecule has 5 rings (SSSR count). The fourth-order valence-corrected chi connectivity index (χ4v) is 8.74. The Bertz CT molecular complexity index is 1140. The number of carbonyl (C=O) groups excluding carboxylic acids is 3. The number of likely N-dealkylation sites (tertiary alicyclic amines) is 1. The van der Waals surface area contributed by atoms with E-state index < -0.39 is 27.4 Å². The zero-order valence-electron chi connectivity index (χ0n) is 21.7. The molecule has 4 heterocycles. The maximum absolute atomic E-state index is 14.4. The predicted octanol–water partition coefficient (Wildman–Crippen LogP) is 4.38. The maximum atomic E-state index is 14.4. The van der Waals surface area contributed by atoms with Gasteiger partial charge in [-0.2, -0.15) is 0 Å². The first-order valence-corrected chi connectivity index (χ1v) is 14.7. The lowest BCUT2D eigenvalue weighted by atomic mass is 9.74. The van der Waals surface area contributed by atoms with E-state index in [2.05, 4.69) is 12.2 Å². The van der Waals surface area contributed by atoms with Crippen molar-refractivity contribution in [1.82, 2.24) is 4.90 Å². The lowest BCUT2D eigenvalue weighted by Crippen LogP contribution is -2.53. The zero-order valence-corrected chi connectivity index (χ0v) is 23.3. The molecule has 9 heteroatoms. The summed E-state index contributed by atoms with van der Waals surface area (Å²) in [5.41, 5.74) is 0.713. The molecule has 1 N–H and O–H groups in total. The van der Waals surface area contributed by atoms with Crippen molar-refractivity contribution < 1.29 is 24.2 Å². The number of rotatable bonds is 6. The maximum Gasteiger partial charge on any atom is 0.311 e. The first-order valence-electron chi connectivity index (χ1n) is 13.5. The van der Waals surface area contributed by atoms with E-state index >= 15 is 0 Å². The predicted molar refractivity (Wildman–Crippen MR) is 149 cm³/mol. The van der Waals surface area contributed by atoms with Crippen molar-refractivity contribution >= 4 is 46.8 Å². The molecule has 0 bridgehead atoms. The molecule has 0 aromatic heterocycles. The van der Waals surface area contributed by atoms with E-state index in [1.54, 1.807) is 33.7 Å². The summed E-state index contributed by atoms with van der Waals surface area (Å²) in [6.45, 7) is 3.19. The van der Waals surface area contributed by atoms with Gasteiger partial charge < -0.3 is 19.6 Å². The van der Waals surface area contributed by atoms with Crippen LogP contribution in [0.2, 0.25) is 5.02 Å². The Balaban J connectivity index is 1.59. The van der Waals surface area contributed by atoms with Crippen LogP contribution in [0.15, 0.2) is 48.6 Å². The zero-order chi connectivity index (χ0) is 26.9. The number of aliphatic hydroxyl groups excluding tert-OH is 1. The molecular formula is C29H35ClN2O5S. The number of allylic oxidation sites excluding steroid dienone is 1. The molecule has 5 atom stereocenters. The number of carbonyl (C=O) groups is 3. The van der Waals surface area contributed by atoms with Gasteiger partial charge in [0.2, 0.25) is 5.91 Å². The van der Waals surface area contributed by atoms with E-state index in [0.717, 1.165) is 25.7 Å². The van der Waals surface area contributed by atoms with Gasteiger partial charge in [0.1, 0.15) is 6.04 Å². The number of hydrogen-bond donors (Lipinski definition) is 1. The second kappa shape index (κ2) is 11.1. The highest BCUT2D eigenvalue weighted by Gasteiger charge is 2.73. The smallest absolute Gasteiger partial charge is 0.311 e. The summed E-state index contributed by atoms with van der Waals surface area (Å²) in [4.78, 5) is 45.6. The van der Waals surface area contributed by atoms with Crippen LogP contribution in [0.1, 0.15) is 45.4 Å². The number of esters is 1. The number of anilines is 1. The minimum Gasteiger partial charge on any atom is -0.465 e. The molecule has 2 amide bonds. The van der Waals surface area contributed by atoms with Crippen LogP contribution in [-0.2, 0) is 19.1 Å². The Labute approximate surface area is 233 Å². The molecule has 1 spiro atoms. The molecule has 1 aromatic carbocycles. The Kier molecular flexibility index (Phi) is 7.94. The molecule has 2 saturated heterocycles. The number of hydrogen-bond acceptors (Lipinski definition) is 6. The molecule has 1 unspecified atom stereocenters. The Hall–Kier alpha value is -2.29. The van der Waals surface area contributed by atoms with Gasteiger partial charge in [-0.05, 0) is 69.7 Å². The first kappa shape index (κ1) is 27.3. The van der Waals surface area contributed by atoms with Crippen molar-refractivity contribution in [3.05, 3.63) is 53.6 Å². The molecule has 1 aromatic rings. The minimum absolute atomic E-state index is 0.0877. The van der Waals surface area contributed by atoms with Crippen LogP contribution in [0.25, 0.3) is 0 Å². The van der Waals surface area contributed by atoms with Crippen LogP contribution in [0.5, 0.6) is 0 Å². The molecule has 2 fully saturated rings. The standard InChI is InChI=1S/C29H35ClN2O5S/c1-28-14-5-2-3-8-19-37-27(36)23(28)22-25(34)32(16-6-4-7-18-33)24-26(35)31(17-9-15-29(22,24)38-28)21-12-10-20(30)11-13-21/h5,9-15,22-24,33H,2-4,6-8,16-19H2,1H3/b14-5-/t22-,23+,24?,28-,29-/m0/s1. The molecule has 0 saturated carbocycles. The lowest BCUT2D eigenvalue weighted by Gasteiger charge is -2.37. The third-order valence-electron chi connectivity index (χ3n) is 8.20. The van der Waals surface area contributed by atoms with Crippen molar-refractivity contribution in [2.24, 2.45) is 11.8 Å². The van der Waals surface area contributed by atoms with Crippen molar-refractivity contribution in [3.63, 3.8) is 0 Å². The third-order valence-corrected chi connectivity index (χ3v) is 10.2. The van der Waals surface area contributed by atoms with E-state index in [1.165, 1.54) is 0 Å². The average molecular weight is 559 g/mol. The molecule has 4 aliphatic rings. The third kappa shape index (κ3) is 4.69. The summed E-state index contributed by atoms with van der Waals surface area (Å²) >= 11 is 7.68. The second-order valence-electron chi connectivity index (χ2n) is 10.7. The van der Waals surface area contributed by atoms with Gasteiger partial charge in [0.25, 0.3) is 5.91 Å². The van der Waals surface area contributed by atoms with Gasteiger partial charge in [0.05, 0.1) is 23.2 Å². The summed E-state index contributed by atoms with van der Waals surface area (Å²) < 4.78 is 4.14. The number of halogens is 1. The summed E-state index contributed by atoms with van der Waals surface area (Å²) in [7, 11) is 0. The monoisotopic (exact) mass is 558 g/mol. The number of amides is 2. The van der Waals surface area contributed by atoms with Crippen LogP contribution in [0, 0.1) is 11.8 Å². The Morgan fingerprint density at radius 2 is 1.82 bits per heavy atom. The lowest BCUT2D eigenvalue weighted by molar-refractivity contribution is -0.154. The second-order valence-corrected chi connectivity index (χ2v) is 12.9. The average Bonchev–Trinajstić information content (AvgIpc) is 3.22. The van der Waals surface area contributed by atoms with Gasteiger partial charge in [-0.3, -0.25) is 14.4 Å². The number of benzene rings is 1. The summed E-state index contributed by atoms with van der Waals surface area (Å²) in [6, 6.07) is 6.38. The summed E-state index contributed by atoms with van der Waals surface area (Å²) in [5.74, 6) is -2.09. The van der Waals surface area contributed by atoms with E-state index in [0.29, 0.717) is 43.2 Å². The molecule has 0 aliphatic carbocycles. The Morgan fingerprint density at radius 1 is 1.03 bits per heavy atom. The molecule has 7 nitrogen and oxygen atoms in total. The fourth-order valence-electron chi connectivity index (χ4n) is 6.46. The molecule has 0 radical (unpaired) electrons. The quantitative estimate of drug-likeness (QED) is 0.317. The van der Waals surface area contributed by atoms with Crippen LogP contribution in [0.4, 0.5) is 5.69 Å². The highest BCUT2D eigenvalue weighted by molar-refractivity contribution is 8.02. The molecule has 204 valence electrons. The van der Waals surface area contributed by atoms with Gasteiger partial charge in [-0.15, -0.1) is 11.8 Å². The number of ether oxygens (including phenoxy) is 1. The van der Waals surface area contributed by atoms with E-state index in [-0.39, 0.29) is 24.4 Å². The molecule has 38 heavy (non-hydrogen) atoms. The number of nitrogens with zero attached hydrogens (tertiary/aromatic N) is 2. The van der Waals surface area contributed by atoms with Gasteiger partial charge in [0, 0.05) is 35.2 Å². The van der Waals surface area contributed by atoms with Crippen LogP contribution in [-0.4, -0.2) is 69.6 Å². The van der Waals surface area contributed by atoms with Crippen molar-refractivity contribution in [2.45, 2.75) is 61.0 Å². The highest BCUT2D eigenvalue weighted by Crippen LogP contribution is 2.65. The normalized spacial score (nSPS) is 33.9. The fraction of sp³-hybridized carbons (Fsp3) is 0.552. The van der Waals surface area contributed by atoms with Crippen LogP contribution >= 0.6 is 23.4 Å². The minimum atomic E-state index is -0.900. The number of cyclic esters (lactones) is 1. The number of unbranched alkanes of at least 4 members (excludes halogenated alkanes) is 2. The van der Waals surface area contributed by atoms with E-state index in [9.17, 15) is 19.5 Å². The number of fused-ring (bicyclic) bond motifs is 2. The van der Waals surface area contributed by atoms with Crippen molar-refractivity contribution in [1.29, 1.82) is 0 Å². The topological polar surface area (TPSA) is 87.1 Å². The highest BCUT2D eigenvalue weighted by atomic mass is 35.5. The van der Waals surface area contributed by atoms with E-state index in [1.807, 2.05) is 31.2 Å². The van der Waals surface area contributed by atoms with Gasteiger partial charge in [-0.25, -0.2) is 0 Å². The molecular weight excluding hydrogens is 524 g/mol. The Morgan fingerprint density at radius 3 is 2.58 bits per heavy atom. The summed E-state index contributed by atoms with van der Waals surface area (Å²) in [5, 5.41) is 9.83. The van der Waals surface area contributed by atoms with Gasteiger partial charge in [-0.1, -0.05) is 35.9 Å². The largest absolute Gasteiger partial charge is 0.465 e. The van der Waals surface area contributed by atoms with E-state index in [4.69, 9.17) is 16.3 Å². The SMILES string of the molecule is C[C@]12/C=C\CCCCOC(=O)[C@H]1[C@H]1C(=O)N(CCCCCO)C3C(=O)N(c4ccc(Cl)cc4)CC=C[C@@]31S2. The molecule has 4 aliphatic heterocycles. The number of thioether (sulfide) groups is 1. The number of aliphatic hydroxyl groups is 1. The van der Waals surface area contributed by atoms with Crippen molar-refractivity contribution in [2.75, 3.05) is 31.2 Å². The first-order chi connectivity index (χ1) is 18.3. The van der Waals surface area contributed by atoms with Crippen molar-refractivity contribution in [3.8, 4) is 0 Å². The summed E-state index contributed by atoms with van der Waals surface area (Å²) in [6.07, 6.45) is 12.8. The van der Waals surface area contributed by atoms with Crippen LogP contribution in [0.3, 0.4) is 0 Å². The van der Waals surface area contributed by atoms with Gasteiger partial charge in [0.15, 0.2) is 0 Å². The van der Waals surface area contributed by atoms with Gasteiger partial charge >= 0.3 is 5.97 Å².